The molecule has 2 rings (SSSR count). The van der Waals surface area contributed by atoms with Gasteiger partial charge in [-0.25, -0.2) is 4.79 Å². The largest absolute Gasteiger partial charge is 0.465 e. The van der Waals surface area contributed by atoms with Crippen LogP contribution >= 0.6 is 11.8 Å². The van der Waals surface area contributed by atoms with Crippen LogP contribution in [-0.2, 0) is 14.3 Å². The number of anilines is 1. The first-order valence-corrected chi connectivity index (χ1v) is 8.31. The second kappa shape index (κ2) is 8.34. The molecule has 2 amide bonds. The van der Waals surface area contributed by atoms with Crippen LogP contribution in [0.3, 0.4) is 0 Å². The average Bonchev–Trinajstić information content (AvgIpc) is 2.59. The molecular formula is C18H18N2O4S. The number of methoxy groups -OCH3 is 1. The molecule has 0 bridgehead atoms. The molecular weight excluding hydrogens is 340 g/mol. The van der Waals surface area contributed by atoms with E-state index in [1.807, 2.05) is 30.3 Å². The van der Waals surface area contributed by atoms with Gasteiger partial charge in [-0.05, 0) is 35.9 Å². The van der Waals surface area contributed by atoms with Crippen molar-refractivity contribution in [1.82, 2.24) is 0 Å². The van der Waals surface area contributed by atoms with Crippen molar-refractivity contribution in [2.75, 3.05) is 12.4 Å². The Labute approximate surface area is 149 Å². The Kier molecular flexibility index (Phi) is 6.19. The number of nitrogens with one attached hydrogen (secondary N) is 1. The molecule has 0 aliphatic heterocycles. The monoisotopic (exact) mass is 358 g/mol. The Bertz CT molecular complexity index is 793. The van der Waals surface area contributed by atoms with Crippen LogP contribution < -0.4 is 11.1 Å². The van der Waals surface area contributed by atoms with Crippen LogP contribution in [0.2, 0.25) is 0 Å². The third-order valence-corrected chi connectivity index (χ3v) is 4.59. The predicted molar refractivity (Wildman–Crippen MR) is 96.3 cm³/mol. The van der Waals surface area contributed by atoms with Gasteiger partial charge in [0.1, 0.15) is 5.25 Å². The van der Waals surface area contributed by atoms with Gasteiger partial charge in [0.15, 0.2) is 0 Å². The molecule has 2 aromatic carbocycles. The minimum atomic E-state index is -0.783. The summed E-state index contributed by atoms with van der Waals surface area (Å²) >= 11 is 1.24. The summed E-state index contributed by atoms with van der Waals surface area (Å²) < 4.78 is 4.72. The van der Waals surface area contributed by atoms with E-state index in [2.05, 4.69) is 5.32 Å². The lowest BCUT2D eigenvalue weighted by atomic mass is 10.0. The van der Waals surface area contributed by atoms with Crippen LogP contribution in [0, 0.1) is 0 Å². The minimum Gasteiger partial charge on any atom is -0.465 e. The summed E-state index contributed by atoms with van der Waals surface area (Å²) in [6.45, 7) is 1.36. The quantitative estimate of drug-likeness (QED) is 0.611. The molecule has 1 atom stereocenters. The lowest BCUT2D eigenvalue weighted by Gasteiger charge is -2.18. The lowest BCUT2D eigenvalue weighted by Crippen LogP contribution is -2.21. The zero-order valence-electron chi connectivity index (χ0n) is 13.8. The maximum Gasteiger partial charge on any atom is 0.337 e. The number of esters is 1. The number of ether oxygens (including phenoxy) is 1. The number of thioether (sulfide) groups is 1. The van der Waals surface area contributed by atoms with Crippen molar-refractivity contribution in [1.29, 1.82) is 0 Å². The maximum absolute atomic E-state index is 12.1. The zero-order valence-corrected chi connectivity index (χ0v) is 14.6. The van der Waals surface area contributed by atoms with Crippen LogP contribution in [-0.4, -0.2) is 24.9 Å². The van der Waals surface area contributed by atoms with E-state index >= 15 is 0 Å². The van der Waals surface area contributed by atoms with E-state index in [1.54, 1.807) is 6.07 Å². The number of rotatable bonds is 6. The van der Waals surface area contributed by atoms with Crippen LogP contribution in [0.1, 0.15) is 28.1 Å². The van der Waals surface area contributed by atoms with Gasteiger partial charge in [-0.3, -0.25) is 9.59 Å². The van der Waals surface area contributed by atoms with Crippen LogP contribution in [0.4, 0.5) is 5.69 Å². The zero-order chi connectivity index (χ0) is 18.4. The maximum atomic E-state index is 12.1. The number of hydrogen-bond acceptors (Lipinski definition) is 5. The Morgan fingerprint density at radius 2 is 1.80 bits per heavy atom. The highest BCUT2D eigenvalue weighted by Gasteiger charge is 2.24. The molecule has 0 fully saturated rings. The molecule has 25 heavy (non-hydrogen) atoms. The number of amides is 2. The van der Waals surface area contributed by atoms with Gasteiger partial charge in [0.2, 0.25) is 11.8 Å². The van der Waals surface area contributed by atoms with Gasteiger partial charge in [-0.1, -0.05) is 18.2 Å². The molecule has 0 aromatic heterocycles. The van der Waals surface area contributed by atoms with Crippen molar-refractivity contribution in [3.8, 4) is 0 Å². The first kappa shape index (κ1) is 18.5. The third-order valence-electron chi connectivity index (χ3n) is 3.32. The fraction of sp³-hybridized carbons (Fsp3) is 0.167. The van der Waals surface area contributed by atoms with Crippen molar-refractivity contribution in [2.24, 2.45) is 5.73 Å². The van der Waals surface area contributed by atoms with E-state index < -0.39 is 17.1 Å². The molecule has 0 spiro atoms. The van der Waals surface area contributed by atoms with Gasteiger partial charge >= 0.3 is 5.97 Å². The summed E-state index contributed by atoms with van der Waals surface area (Å²) in [6.07, 6.45) is 0. The third kappa shape index (κ3) is 4.84. The summed E-state index contributed by atoms with van der Waals surface area (Å²) in [6, 6.07) is 13.9. The fourth-order valence-electron chi connectivity index (χ4n) is 2.24. The van der Waals surface area contributed by atoms with Gasteiger partial charge in [-0.2, -0.15) is 0 Å². The number of carbonyl (C=O) groups excluding carboxylic acids is 3. The van der Waals surface area contributed by atoms with Crippen molar-refractivity contribution in [3.63, 3.8) is 0 Å². The van der Waals surface area contributed by atoms with E-state index in [1.165, 1.54) is 37.9 Å². The number of primary amides is 1. The molecule has 2 aromatic rings. The molecule has 1 unspecified atom stereocenters. The molecule has 3 N–H and O–H groups in total. The molecule has 0 aliphatic rings. The topological polar surface area (TPSA) is 98.5 Å². The van der Waals surface area contributed by atoms with Crippen molar-refractivity contribution >= 4 is 35.2 Å². The van der Waals surface area contributed by atoms with Gasteiger partial charge in [0.25, 0.3) is 0 Å². The normalized spacial score (nSPS) is 11.4. The summed E-state index contributed by atoms with van der Waals surface area (Å²) in [5.41, 5.74) is 6.72. The summed E-state index contributed by atoms with van der Waals surface area (Å²) in [5.74, 6) is -1.41. The summed E-state index contributed by atoms with van der Waals surface area (Å²) in [7, 11) is 1.27. The second-order valence-electron chi connectivity index (χ2n) is 5.19. The first-order valence-electron chi connectivity index (χ1n) is 7.43. The minimum absolute atomic E-state index is 0.270. The van der Waals surface area contributed by atoms with Crippen molar-refractivity contribution in [2.45, 2.75) is 17.1 Å². The van der Waals surface area contributed by atoms with Gasteiger partial charge in [0, 0.05) is 17.5 Å². The van der Waals surface area contributed by atoms with E-state index in [-0.39, 0.29) is 11.5 Å². The molecule has 0 saturated carbocycles. The van der Waals surface area contributed by atoms with Crippen LogP contribution in [0.15, 0.2) is 53.4 Å². The molecule has 0 aliphatic carbocycles. The highest BCUT2D eigenvalue weighted by Crippen LogP contribution is 2.39. The lowest BCUT2D eigenvalue weighted by molar-refractivity contribution is -0.117. The number of hydrogen-bond donors (Lipinski definition) is 2. The van der Waals surface area contributed by atoms with Crippen LogP contribution in [0.5, 0.6) is 0 Å². The highest BCUT2D eigenvalue weighted by atomic mass is 32.2. The van der Waals surface area contributed by atoms with Crippen LogP contribution in [0.25, 0.3) is 0 Å². The number of nitrogens with two attached hydrogens (primary N) is 1. The molecule has 0 radical (unpaired) electrons. The van der Waals surface area contributed by atoms with E-state index in [0.717, 1.165) is 4.90 Å². The molecule has 7 heteroatoms. The van der Waals surface area contributed by atoms with Gasteiger partial charge < -0.3 is 15.8 Å². The SMILES string of the molecule is COC(=O)c1ccc(NC(C)=O)c(C(Sc2ccccc2)C(N)=O)c1. The summed E-state index contributed by atoms with van der Waals surface area (Å²) in [4.78, 5) is 36.2. The molecule has 0 saturated heterocycles. The highest BCUT2D eigenvalue weighted by molar-refractivity contribution is 8.00. The van der Waals surface area contributed by atoms with Gasteiger partial charge in [-0.15, -0.1) is 11.8 Å². The van der Waals surface area contributed by atoms with Gasteiger partial charge in [0.05, 0.1) is 12.7 Å². The first-order chi connectivity index (χ1) is 11.9. The Morgan fingerprint density at radius 3 is 2.36 bits per heavy atom. The summed E-state index contributed by atoms with van der Waals surface area (Å²) in [5, 5.41) is 1.88. The Hall–Kier alpha value is -2.80. The molecule has 0 heterocycles. The standard InChI is InChI=1S/C18H18N2O4S/c1-11(21)20-15-9-8-12(18(23)24-2)10-14(15)16(17(19)22)25-13-6-4-3-5-7-13/h3-10,16H,1-2H3,(H2,19,22)(H,20,21). The van der Waals surface area contributed by atoms with Crippen molar-refractivity contribution < 1.29 is 19.1 Å². The average molecular weight is 358 g/mol. The Balaban J connectivity index is 2.50. The van der Waals surface area contributed by atoms with E-state index in [4.69, 9.17) is 10.5 Å². The second-order valence-corrected chi connectivity index (χ2v) is 6.37. The number of benzene rings is 2. The van der Waals surface area contributed by atoms with E-state index in [9.17, 15) is 14.4 Å². The molecule has 6 nitrogen and oxygen atoms in total. The molecule has 130 valence electrons. The smallest absolute Gasteiger partial charge is 0.337 e. The van der Waals surface area contributed by atoms with Crippen molar-refractivity contribution in [3.05, 3.63) is 59.7 Å². The predicted octanol–water partition coefficient (Wildman–Crippen LogP) is 2.75. The van der Waals surface area contributed by atoms with E-state index in [0.29, 0.717) is 11.3 Å². The Morgan fingerprint density at radius 1 is 1.12 bits per heavy atom. The number of carbonyl (C=O) groups is 3. The fourth-order valence-corrected chi connectivity index (χ4v) is 3.26.